The van der Waals surface area contributed by atoms with E-state index in [4.69, 9.17) is 0 Å². The molecular weight excluding hydrogens is 714 g/mol. The molecule has 0 spiro atoms. The van der Waals surface area contributed by atoms with Crippen LogP contribution in [0.15, 0.2) is 60.5 Å². The fourth-order valence-corrected chi connectivity index (χ4v) is 6.45. The number of allylic oxidation sites excluding steroid dienone is 2. The first-order valence-electron chi connectivity index (χ1n) is 13.2. The van der Waals surface area contributed by atoms with Gasteiger partial charge >= 0.3 is 142 Å². The van der Waals surface area contributed by atoms with Gasteiger partial charge in [0, 0.05) is 32.1 Å². The fourth-order valence-electron chi connectivity index (χ4n) is 4.05. The van der Waals surface area contributed by atoms with E-state index < -0.39 is 24.7 Å². The largest absolute Gasteiger partial charge is 0.512 e. The first-order valence-corrected chi connectivity index (χ1v) is 20.6. The number of pyridine rings is 1. The summed E-state index contributed by atoms with van der Waals surface area (Å²) >= 11 is -1.85. The van der Waals surface area contributed by atoms with E-state index in [2.05, 4.69) is 84.6 Å². The van der Waals surface area contributed by atoms with Crippen molar-refractivity contribution in [1.82, 2.24) is 4.98 Å². The number of alkyl halides is 1. The Bertz CT molecular complexity index is 1240. The summed E-state index contributed by atoms with van der Waals surface area (Å²) < 4.78 is 14.6. The molecule has 3 rings (SSSR count). The van der Waals surface area contributed by atoms with Crippen molar-refractivity contribution in [2.45, 2.75) is 83.2 Å². The van der Waals surface area contributed by atoms with E-state index in [9.17, 15) is 14.3 Å². The number of halogens is 1. The summed E-state index contributed by atoms with van der Waals surface area (Å²) in [6.07, 6.45) is 4.47. The van der Waals surface area contributed by atoms with E-state index in [1.54, 1.807) is 0 Å². The topological polar surface area (TPSA) is 50.2 Å². The summed E-state index contributed by atoms with van der Waals surface area (Å²) in [6.45, 7) is 10.7. The zero-order valence-electron chi connectivity index (χ0n) is 24.3. The van der Waals surface area contributed by atoms with E-state index in [-0.39, 0.29) is 31.8 Å². The molecule has 1 aromatic heterocycles. The van der Waals surface area contributed by atoms with Crippen LogP contribution in [0.1, 0.15) is 65.9 Å². The van der Waals surface area contributed by atoms with Gasteiger partial charge in [0.25, 0.3) is 0 Å². The molecular formula is C32H43FGeIrNO2-. The quantitative estimate of drug-likeness (QED) is 0.109. The number of benzene rings is 2. The smallest absolute Gasteiger partial charge is 0.195 e. The third kappa shape index (κ3) is 9.43. The number of nitrogens with zero attached hydrogens (tertiary/aromatic N) is 1. The number of fused-ring (bicyclic) bond motifs is 1. The Balaban J connectivity index is 0.000000420. The molecule has 3 nitrogen and oxygen atoms in total. The second-order valence-corrected chi connectivity index (χ2v) is 22.1. The summed E-state index contributed by atoms with van der Waals surface area (Å²) in [5.74, 6) is 7.01. The Morgan fingerprint density at radius 1 is 1.11 bits per heavy atom. The van der Waals surface area contributed by atoms with Crippen LogP contribution in [0.3, 0.4) is 0 Å². The fraction of sp³-hybridized carbons (Fsp3) is 0.438. The van der Waals surface area contributed by atoms with Gasteiger partial charge in [-0.25, -0.2) is 4.39 Å². The van der Waals surface area contributed by atoms with Crippen molar-refractivity contribution in [3.8, 4) is 11.3 Å². The van der Waals surface area contributed by atoms with Crippen molar-refractivity contribution >= 4 is 34.2 Å². The predicted octanol–water partition coefficient (Wildman–Crippen LogP) is 8.55. The number of rotatable bonds is 8. The molecule has 0 aliphatic carbocycles. The van der Waals surface area contributed by atoms with Gasteiger partial charge in [0.2, 0.25) is 0 Å². The van der Waals surface area contributed by atoms with Crippen molar-refractivity contribution in [3.63, 3.8) is 0 Å². The number of hydrogen-bond acceptors (Lipinski definition) is 3. The number of aromatic nitrogens is 1. The van der Waals surface area contributed by atoms with Crippen LogP contribution in [-0.2, 0) is 24.9 Å². The molecule has 1 radical (unpaired) electrons. The maximum absolute atomic E-state index is 13.1. The van der Waals surface area contributed by atoms with Gasteiger partial charge in [-0.2, -0.15) is 0 Å². The zero-order valence-corrected chi connectivity index (χ0v) is 28.8. The normalized spacial score (nSPS) is 12.3. The van der Waals surface area contributed by atoms with E-state index in [0.717, 1.165) is 30.2 Å². The number of hydrogen-bond donors (Lipinski definition) is 1. The Kier molecular flexibility index (Phi) is 13.1. The van der Waals surface area contributed by atoms with Crippen molar-refractivity contribution in [2.24, 2.45) is 5.92 Å². The summed E-state index contributed by atoms with van der Waals surface area (Å²) in [5.41, 5.74) is 1.63. The number of carbonyl (C=O) groups excluding carboxylic acids is 1. The summed E-state index contributed by atoms with van der Waals surface area (Å²) in [7, 11) is 0. The van der Waals surface area contributed by atoms with Crippen LogP contribution < -0.4 is 4.40 Å². The minimum absolute atomic E-state index is 0. The summed E-state index contributed by atoms with van der Waals surface area (Å²) in [6, 6.07) is 18.9. The van der Waals surface area contributed by atoms with Gasteiger partial charge in [0.05, 0.1) is 5.76 Å². The van der Waals surface area contributed by atoms with Crippen molar-refractivity contribution in [1.29, 1.82) is 0 Å². The molecule has 1 heterocycles. The van der Waals surface area contributed by atoms with Gasteiger partial charge in [0.15, 0.2) is 11.5 Å². The Hall–Kier alpha value is -1.82. The van der Waals surface area contributed by atoms with E-state index in [0.29, 0.717) is 5.92 Å². The third-order valence-corrected chi connectivity index (χ3v) is 10.9. The molecule has 0 aliphatic rings. The molecule has 2 aromatic carbocycles. The van der Waals surface area contributed by atoms with Crippen molar-refractivity contribution in [3.05, 3.63) is 72.1 Å². The molecule has 3 aromatic rings. The SMILES string of the molecule is CC(C)c1cc(-c2c[c]([Ge]([CH3])([CH3])[CH3])ccn2)[c-]c2ccccc12.CCC(CC)/C(O)=C/C(=O)C(C)(C)F.[Ir]. The van der Waals surface area contributed by atoms with Crippen molar-refractivity contribution in [2.75, 3.05) is 0 Å². The maximum atomic E-state index is 13.1. The standard InChI is InChI=1S/C21H24GeN.C11H19FO2.Ir/c1-15(2)20-13-17(12-16-8-6-7-9-19(16)20)21-14-18(10-11-23-21)22(3,4)5;1-5-8(6-2)9(13)7-10(14)11(3,4)12;/h6-11,13-15H,1-5H3;7-8,13H,5-6H2,1-4H3;/q-1;;/b;9-7-;. The van der Waals surface area contributed by atoms with Crippen LogP contribution in [0.5, 0.6) is 0 Å². The first-order chi connectivity index (χ1) is 17.2. The van der Waals surface area contributed by atoms with Crippen LogP contribution in [-0.4, -0.2) is 34.8 Å². The molecule has 0 fully saturated rings. The van der Waals surface area contributed by atoms with E-state index in [1.165, 1.54) is 34.6 Å². The molecule has 0 saturated heterocycles. The minimum Gasteiger partial charge on any atom is -0.512 e. The number of aliphatic hydroxyl groups excluding tert-OH is 1. The molecule has 0 bridgehead atoms. The van der Waals surface area contributed by atoms with Crippen LogP contribution in [0.2, 0.25) is 17.3 Å². The van der Waals surface area contributed by atoms with Gasteiger partial charge in [-0.1, -0.05) is 13.8 Å². The van der Waals surface area contributed by atoms with Gasteiger partial charge in [-0.05, 0) is 26.7 Å². The molecule has 38 heavy (non-hydrogen) atoms. The molecule has 0 amide bonds. The van der Waals surface area contributed by atoms with Crippen molar-refractivity contribution < 1.29 is 34.4 Å². The van der Waals surface area contributed by atoms with Crippen LogP contribution >= 0.6 is 0 Å². The molecule has 6 heteroatoms. The summed E-state index contributed by atoms with van der Waals surface area (Å²) in [5, 5.41) is 12.0. The molecule has 0 atom stereocenters. The molecule has 1 N–H and O–H groups in total. The Labute approximate surface area is 245 Å². The van der Waals surface area contributed by atoms with Crippen LogP contribution in [0.4, 0.5) is 4.39 Å². The maximum Gasteiger partial charge on any atom is 0.195 e. The van der Waals surface area contributed by atoms with Gasteiger partial charge in [0.1, 0.15) is 0 Å². The third-order valence-electron chi connectivity index (χ3n) is 6.60. The average molecular weight is 758 g/mol. The monoisotopic (exact) mass is 759 g/mol. The first kappa shape index (κ1) is 34.2. The van der Waals surface area contributed by atoms with Gasteiger partial charge in [-0.3, -0.25) is 4.79 Å². The molecule has 209 valence electrons. The predicted molar refractivity (Wildman–Crippen MR) is 158 cm³/mol. The molecule has 0 aliphatic heterocycles. The number of aliphatic hydroxyl groups is 1. The number of carbonyl (C=O) groups is 1. The van der Waals surface area contributed by atoms with Crippen LogP contribution in [0.25, 0.3) is 22.0 Å². The van der Waals surface area contributed by atoms with E-state index >= 15 is 0 Å². The summed E-state index contributed by atoms with van der Waals surface area (Å²) in [4.78, 5) is 15.8. The Morgan fingerprint density at radius 2 is 1.71 bits per heavy atom. The van der Waals surface area contributed by atoms with Crippen LogP contribution in [0, 0.1) is 12.0 Å². The second-order valence-electron chi connectivity index (χ2n) is 11.4. The van der Waals surface area contributed by atoms with Gasteiger partial charge in [-0.15, -0.1) is 0 Å². The zero-order chi connectivity index (χ0) is 28.0. The minimum atomic E-state index is -1.90. The second kappa shape index (κ2) is 14.5. The van der Waals surface area contributed by atoms with Gasteiger partial charge < -0.3 is 5.11 Å². The average Bonchev–Trinajstić information content (AvgIpc) is 2.83. The molecule has 0 unspecified atom stereocenters. The van der Waals surface area contributed by atoms with E-state index in [1.807, 2.05) is 20.0 Å². The molecule has 0 saturated carbocycles. The Morgan fingerprint density at radius 3 is 2.24 bits per heavy atom. The number of ketones is 1.